The van der Waals surface area contributed by atoms with Gasteiger partial charge in [-0.25, -0.2) is 0 Å². The third-order valence-corrected chi connectivity index (χ3v) is 2.67. The van der Waals surface area contributed by atoms with E-state index in [0.29, 0.717) is 19.4 Å². The van der Waals surface area contributed by atoms with Gasteiger partial charge in [0.1, 0.15) is 6.29 Å². The first-order valence-electron chi connectivity index (χ1n) is 5.86. The summed E-state index contributed by atoms with van der Waals surface area (Å²) in [6.45, 7) is 4.21. The second kappa shape index (κ2) is 9.07. The van der Waals surface area contributed by atoms with E-state index in [1.807, 2.05) is 13.8 Å². The van der Waals surface area contributed by atoms with Crippen molar-refractivity contribution in [2.75, 3.05) is 6.54 Å². The van der Waals surface area contributed by atoms with Gasteiger partial charge in [-0.2, -0.15) is 0 Å². The molecule has 0 heterocycles. The van der Waals surface area contributed by atoms with Gasteiger partial charge >= 0.3 is 0 Å². The van der Waals surface area contributed by atoms with Crippen molar-refractivity contribution >= 4 is 18.6 Å². The normalized spacial score (nSPS) is 11.9. The van der Waals surface area contributed by atoms with Crippen LogP contribution in [0.25, 0.3) is 0 Å². The summed E-state index contributed by atoms with van der Waals surface area (Å²) < 4.78 is 0. The van der Waals surface area contributed by atoms with Crippen LogP contribution in [0.15, 0.2) is 0 Å². The van der Waals surface area contributed by atoms with Gasteiger partial charge in [0.2, 0.25) is 12.3 Å². The zero-order valence-electron chi connectivity index (χ0n) is 10.1. The van der Waals surface area contributed by atoms with E-state index < -0.39 is 0 Å². The third-order valence-electron chi connectivity index (χ3n) is 2.67. The van der Waals surface area contributed by atoms with Crippen molar-refractivity contribution in [3.05, 3.63) is 0 Å². The summed E-state index contributed by atoms with van der Waals surface area (Å²) in [4.78, 5) is 33.7. The van der Waals surface area contributed by atoms with Crippen molar-refractivity contribution in [1.29, 1.82) is 0 Å². The zero-order chi connectivity index (χ0) is 12.4. The van der Waals surface area contributed by atoms with Gasteiger partial charge in [-0.15, -0.1) is 0 Å². The van der Waals surface area contributed by atoms with Crippen LogP contribution in [0.5, 0.6) is 0 Å². The highest BCUT2D eigenvalue weighted by atomic mass is 16.2. The lowest BCUT2D eigenvalue weighted by molar-refractivity contribution is -0.141. The van der Waals surface area contributed by atoms with Crippen molar-refractivity contribution in [1.82, 2.24) is 4.90 Å². The predicted molar refractivity (Wildman–Crippen MR) is 61.8 cm³/mol. The molecule has 0 aromatic carbocycles. The molecule has 2 amide bonds. The van der Waals surface area contributed by atoms with Gasteiger partial charge in [-0.05, 0) is 19.3 Å². The number of aldehydes is 1. The van der Waals surface area contributed by atoms with Crippen LogP contribution in [0, 0.1) is 5.92 Å². The molecular formula is C12H21NO3. The Labute approximate surface area is 97.0 Å². The van der Waals surface area contributed by atoms with Crippen LogP contribution in [-0.4, -0.2) is 30.0 Å². The Balaban J connectivity index is 3.87. The molecule has 4 nitrogen and oxygen atoms in total. The average Bonchev–Trinajstić information content (AvgIpc) is 2.32. The van der Waals surface area contributed by atoms with Crippen molar-refractivity contribution in [3.63, 3.8) is 0 Å². The number of unbranched alkanes of at least 4 members (excludes halogenated alkanes) is 3. The highest BCUT2D eigenvalue weighted by Gasteiger charge is 2.17. The van der Waals surface area contributed by atoms with Crippen LogP contribution >= 0.6 is 0 Å². The van der Waals surface area contributed by atoms with E-state index >= 15 is 0 Å². The topological polar surface area (TPSA) is 54.5 Å². The molecule has 0 saturated carbocycles. The van der Waals surface area contributed by atoms with Crippen molar-refractivity contribution in [3.8, 4) is 0 Å². The highest BCUT2D eigenvalue weighted by molar-refractivity contribution is 5.87. The molecule has 0 spiro atoms. The number of carbonyl (C=O) groups is 3. The van der Waals surface area contributed by atoms with E-state index in [9.17, 15) is 14.4 Å². The summed E-state index contributed by atoms with van der Waals surface area (Å²) in [5.74, 6) is -0.201. The molecule has 0 saturated heterocycles. The van der Waals surface area contributed by atoms with Crippen LogP contribution in [0.2, 0.25) is 0 Å². The summed E-state index contributed by atoms with van der Waals surface area (Å²) >= 11 is 0. The SMILES string of the molecule is CCC(C)C(=O)N(C=O)CCCCCC=O. The van der Waals surface area contributed by atoms with Gasteiger partial charge in [-0.3, -0.25) is 14.5 Å². The maximum atomic E-state index is 11.7. The smallest absolute Gasteiger partial charge is 0.231 e. The minimum atomic E-state index is -0.104. The van der Waals surface area contributed by atoms with Crippen LogP contribution in [0.4, 0.5) is 0 Å². The monoisotopic (exact) mass is 227 g/mol. The number of amides is 2. The predicted octanol–water partition coefficient (Wildman–Crippen LogP) is 1.78. The van der Waals surface area contributed by atoms with Crippen LogP contribution in [0.3, 0.4) is 0 Å². The summed E-state index contributed by atoms with van der Waals surface area (Å²) in [7, 11) is 0. The molecule has 1 unspecified atom stereocenters. The van der Waals surface area contributed by atoms with Crippen LogP contribution < -0.4 is 0 Å². The molecule has 4 heteroatoms. The third kappa shape index (κ3) is 5.63. The Kier molecular flexibility index (Phi) is 8.39. The molecule has 0 N–H and O–H groups in total. The molecule has 0 aromatic rings. The molecule has 0 bridgehead atoms. The van der Waals surface area contributed by atoms with E-state index in [2.05, 4.69) is 0 Å². The van der Waals surface area contributed by atoms with E-state index in [0.717, 1.165) is 32.0 Å². The highest BCUT2D eigenvalue weighted by Crippen LogP contribution is 2.07. The van der Waals surface area contributed by atoms with Gasteiger partial charge in [-0.1, -0.05) is 20.3 Å². The Bertz CT molecular complexity index is 228. The lowest BCUT2D eigenvalue weighted by Crippen LogP contribution is -2.34. The first kappa shape index (κ1) is 14.8. The van der Waals surface area contributed by atoms with Gasteiger partial charge in [0.25, 0.3) is 0 Å². The molecular weight excluding hydrogens is 206 g/mol. The minimum Gasteiger partial charge on any atom is -0.303 e. The molecule has 0 fully saturated rings. The lowest BCUT2D eigenvalue weighted by atomic mass is 10.1. The van der Waals surface area contributed by atoms with Gasteiger partial charge in [0.15, 0.2) is 0 Å². The maximum Gasteiger partial charge on any atom is 0.231 e. The zero-order valence-corrected chi connectivity index (χ0v) is 10.1. The fourth-order valence-corrected chi connectivity index (χ4v) is 1.36. The quantitative estimate of drug-likeness (QED) is 0.445. The molecule has 0 aliphatic carbocycles. The first-order chi connectivity index (χ1) is 7.67. The van der Waals surface area contributed by atoms with E-state index in [-0.39, 0.29) is 11.8 Å². The molecule has 0 aliphatic heterocycles. The average molecular weight is 227 g/mol. The summed E-state index contributed by atoms with van der Waals surface area (Å²) in [5, 5.41) is 0. The molecule has 0 rings (SSSR count). The Morgan fingerprint density at radius 1 is 1.25 bits per heavy atom. The first-order valence-corrected chi connectivity index (χ1v) is 5.86. The van der Waals surface area contributed by atoms with Crippen LogP contribution in [0.1, 0.15) is 46.0 Å². The second-order valence-electron chi connectivity index (χ2n) is 3.96. The molecule has 16 heavy (non-hydrogen) atoms. The van der Waals surface area contributed by atoms with Gasteiger partial charge in [0.05, 0.1) is 0 Å². The van der Waals surface area contributed by atoms with Gasteiger partial charge < -0.3 is 4.79 Å². The molecule has 0 aromatic heterocycles. The number of hydrogen-bond acceptors (Lipinski definition) is 3. The fraction of sp³-hybridized carbons (Fsp3) is 0.750. The standard InChI is InChI=1S/C12H21NO3/c1-3-11(2)12(16)13(10-15)8-6-4-5-7-9-14/h9-11H,3-8H2,1-2H3. The number of rotatable bonds is 9. The molecule has 1 atom stereocenters. The summed E-state index contributed by atoms with van der Waals surface area (Å²) in [6, 6.07) is 0. The van der Waals surface area contributed by atoms with E-state index in [1.54, 1.807) is 0 Å². The van der Waals surface area contributed by atoms with E-state index in [4.69, 9.17) is 0 Å². The minimum absolute atomic E-state index is 0.0971. The van der Waals surface area contributed by atoms with Crippen molar-refractivity contribution < 1.29 is 14.4 Å². The number of hydrogen-bond donors (Lipinski definition) is 0. The summed E-state index contributed by atoms with van der Waals surface area (Å²) in [5.41, 5.74) is 0. The second-order valence-corrected chi connectivity index (χ2v) is 3.96. The van der Waals surface area contributed by atoms with Gasteiger partial charge in [0, 0.05) is 18.9 Å². The van der Waals surface area contributed by atoms with E-state index in [1.165, 1.54) is 4.90 Å². The number of carbonyl (C=O) groups excluding carboxylic acids is 3. The Hall–Kier alpha value is -1.19. The lowest BCUT2D eigenvalue weighted by Gasteiger charge is -2.18. The molecule has 92 valence electrons. The number of nitrogens with zero attached hydrogens (tertiary/aromatic N) is 1. The number of imide groups is 1. The summed E-state index contributed by atoms with van der Waals surface area (Å²) in [6.07, 6.45) is 5.27. The van der Waals surface area contributed by atoms with Crippen molar-refractivity contribution in [2.45, 2.75) is 46.0 Å². The van der Waals surface area contributed by atoms with Crippen molar-refractivity contribution in [2.24, 2.45) is 5.92 Å². The fourth-order valence-electron chi connectivity index (χ4n) is 1.36. The Morgan fingerprint density at radius 3 is 2.44 bits per heavy atom. The van der Waals surface area contributed by atoms with Crippen LogP contribution in [-0.2, 0) is 14.4 Å². The molecule has 0 aliphatic rings. The Morgan fingerprint density at radius 2 is 1.94 bits per heavy atom. The largest absolute Gasteiger partial charge is 0.303 e. The maximum absolute atomic E-state index is 11.7. The molecule has 0 radical (unpaired) electrons.